The van der Waals surface area contributed by atoms with Crippen molar-refractivity contribution in [3.63, 3.8) is 0 Å². The van der Waals surface area contributed by atoms with Gasteiger partial charge in [0, 0.05) is 11.7 Å². The summed E-state index contributed by atoms with van der Waals surface area (Å²) in [5.74, 6) is -0.170. The standard InChI is InChI=1S/C31H39N3O3S/c1-17(2)25-26(28(35)33-21(6)11-15-24(33)29(36)37)38-30-32-31(7,23-14-10-19(4)20(5)16-23)27(34(25)30)22-12-8-18(3)9-13-22/h8-10,12-14,16-17,19-21,24,27H,11,15H2,1-7H3,(H,36,37)/t19?,20-,21-,24+,27-,31+/m1/s1. The minimum absolute atomic E-state index is 0.0560. The number of thioether (sulfide) groups is 1. The topological polar surface area (TPSA) is 73.2 Å². The average molecular weight is 534 g/mol. The molecule has 7 heteroatoms. The number of benzene rings is 1. The van der Waals surface area contributed by atoms with Crippen LogP contribution < -0.4 is 0 Å². The first-order chi connectivity index (χ1) is 17.9. The molecule has 1 saturated heterocycles. The quantitative estimate of drug-likeness (QED) is 0.480. The molecule has 1 unspecified atom stereocenters. The highest BCUT2D eigenvalue weighted by Crippen LogP contribution is 2.55. The van der Waals surface area contributed by atoms with Crippen LogP contribution >= 0.6 is 11.8 Å². The van der Waals surface area contributed by atoms with Crippen LogP contribution in [0.4, 0.5) is 0 Å². The number of carboxylic acids is 1. The molecular formula is C31H39N3O3S. The van der Waals surface area contributed by atoms with Gasteiger partial charge in [-0.25, -0.2) is 9.79 Å². The number of nitrogens with zero attached hydrogens (tertiary/aromatic N) is 3. The average Bonchev–Trinajstić information content (AvgIpc) is 3.50. The smallest absolute Gasteiger partial charge is 0.326 e. The van der Waals surface area contributed by atoms with E-state index < -0.39 is 17.6 Å². The molecule has 1 amide bonds. The highest BCUT2D eigenvalue weighted by molar-refractivity contribution is 8.18. The summed E-state index contributed by atoms with van der Waals surface area (Å²) in [5.41, 5.74) is 3.97. The predicted octanol–water partition coefficient (Wildman–Crippen LogP) is 6.31. The molecule has 4 aliphatic rings. The number of carbonyl (C=O) groups is 2. The van der Waals surface area contributed by atoms with E-state index in [9.17, 15) is 14.7 Å². The molecule has 6 atom stereocenters. The van der Waals surface area contributed by atoms with E-state index >= 15 is 0 Å². The van der Waals surface area contributed by atoms with Gasteiger partial charge < -0.3 is 14.9 Å². The van der Waals surface area contributed by atoms with Gasteiger partial charge in [0.2, 0.25) is 0 Å². The normalized spacial score (nSPS) is 32.7. The number of amidine groups is 1. The van der Waals surface area contributed by atoms with Crippen LogP contribution in [-0.2, 0) is 9.59 Å². The number of hydrogen-bond acceptors (Lipinski definition) is 5. The third kappa shape index (κ3) is 4.23. The molecule has 0 bridgehead atoms. The third-order valence-electron chi connectivity index (χ3n) is 8.77. The summed E-state index contributed by atoms with van der Waals surface area (Å²) < 4.78 is 0. The minimum atomic E-state index is -0.931. The van der Waals surface area contributed by atoms with Gasteiger partial charge in [0.1, 0.15) is 16.5 Å². The van der Waals surface area contributed by atoms with Crippen LogP contribution in [0.1, 0.15) is 71.6 Å². The molecule has 3 heterocycles. The maximum absolute atomic E-state index is 14.0. The van der Waals surface area contributed by atoms with Gasteiger partial charge in [-0.15, -0.1) is 0 Å². The lowest BCUT2D eigenvalue weighted by Crippen LogP contribution is -2.45. The van der Waals surface area contributed by atoms with Crippen molar-refractivity contribution >= 4 is 28.8 Å². The predicted molar refractivity (Wildman–Crippen MR) is 154 cm³/mol. The zero-order chi connectivity index (χ0) is 27.5. The summed E-state index contributed by atoms with van der Waals surface area (Å²) in [6.45, 7) is 15.0. The molecule has 5 rings (SSSR count). The molecule has 0 spiro atoms. The van der Waals surface area contributed by atoms with E-state index in [0.717, 1.165) is 16.4 Å². The Bertz CT molecular complexity index is 1280. The lowest BCUT2D eigenvalue weighted by Gasteiger charge is -2.39. The van der Waals surface area contributed by atoms with Crippen molar-refractivity contribution in [1.29, 1.82) is 0 Å². The molecule has 1 N–H and O–H groups in total. The lowest BCUT2D eigenvalue weighted by molar-refractivity contribution is -0.147. The Morgan fingerprint density at radius 1 is 1.11 bits per heavy atom. The van der Waals surface area contributed by atoms with Crippen LogP contribution in [0, 0.1) is 24.7 Å². The van der Waals surface area contributed by atoms with Crippen LogP contribution in [0.25, 0.3) is 0 Å². The molecule has 0 radical (unpaired) electrons. The van der Waals surface area contributed by atoms with Crippen molar-refractivity contribution in [1.82, 2.24) is 9.80 Å². The zero-order valence-corrected chi connectivity index (χ0v) is 24.2. The van der Waals surface area contributed by atoms with Crippen LogP contribution in [0.15, 0.2) is 63.7 Å². The molecule has 6 nitrogen and oxygen atoms in total. The summed E-state index contributed by atoms with van der Waals surface area (Å²) >= 11 is 1.42. The van der Waals surface area contributed by atoms with Crippen LogP contribution in [-0.4, -0.2) is 49.6 Å². The Balaban J connectivity index is 1.63. The molecule has 3 aliphatic heterocycles. The van der Waals surface area contributed by atoms with Gasteiger partial charge >= 0.3 is 5.97 Å². The Morgan fingerprint density at radius 2 is 1.79 bits per heavy atom. The van der Waals surface area contributed by atoms with E-state index in [1.807, 2.05) is 6.92 Å². The molecule has 202 valence electrons. The van der Waals surface area contributed by atoms with Gasteiger partial charge in [0.25, 0.3) is 5.91 Å². The number of carbonyl (C=O) groups excluding carboxylic acids is 1. The van der Waals surface area contributed by atoms with E-state index in [1.54, 1.807) is 4.90 Å². The molecule has 1 aromatic carbocycles. The summed E-state index contributed by atoms with van der Waals surface area (Å²) in [5, 5.41) is 10.7. The molecule has 0 aromatic heterocycles. The largest absolute Gasteiger partial charge is 0.480 e. The monoisotopic (exact) mass is 533 g/mol. The number of amides is 1. The minimum Gasteiger partial charge on any atom is -0.480 e. The number of aryl methyl sites for hydroxylation is 1. The Hall–Kier alpha value is -2.80. The summed E-state index contributed by atoms with van der Waals surface area (Å²) in [7, 11) is 0. The van der Waals surface area contributed by atoms with Gasteiger partial charge in [-0.1, -0.05) is 75.8 Å². The number of hydrogen-bond donors (Lipinski definition) is 1. The molecule has 1 fully saturated rings. The van der Waals surface area contributed by atoms with E-state index in [-0.39, 0.29) is 23.9 Å². The summed E-state index contributed by atoms with van der Waals surface area (Å²) in [6, 6.07) is 7.64. The maximum atomic E-state index is 14.0. The van der Waals surface area contributed by atoms with E-state index in [2.05, 4.69) is 88.9 Å². The van der Waals surface area contributed by atoms with Crippen molar-refractivity contribution in [3.8, 4) is 0 Å². The summed E-state index contributed by atoms with van der Waals surface area (Å²) in [4.78, 5) is 35.9. The number of fused-ring (bicyclic) bond motifs is 1. The van der Waals surface area contributed by atoms with Gasteiger partial charge in [-0.3, -0.25) is 4.79 Å². The van der Waals surface area contributed by atoms with Gasteiger partial charge in [0.05, 0.1) is 6.04 Å². The Labute approximate surface area is 230 Å². The molecule has 38 heavy (non-hydrogen) atoms. The first kappa shape index (κ1) is 26.8. The zero-order valence-electron chi connectivity index (χ0n) is 23.4. The van der Waals surface area contributed by atoms with Gasteiger partial charge in [-0.2, -0.15) is 0 Å². The van der Waals surface area contributed by atoms with E-state index in [0.29, 0.717) is 29.6 Å². The fraction of sp³-hybridized carbons (Fsp3) is 0.516. The number of allylic oxidation sites excluding steroid dienone is 3. The van der Waals surface area contributed by atoms with Crippen molar-refractivity contribution in [2.75, 3.05) is 0 Å². The van der Waals surface area contributed by atoms with Crippen molar-refractivity contribution in [2.24, 2.45) is 22.7 Å². The lowest BCUT2D eigenvalue weighted by atomic mass is 9.76. The van der Waals surface area contributed by atoms with Crippen LogP contribution in [0.2, 0.25) is 0 Å². The molecule has 0 saturated carbocycles. The number of carboxylic acid groups (broad SMARTS) is 1. The first-order valence-corrected chi connectivity index (χ1v) is 14.6. The summed E-state index contributed by atoms with van der Waals surface area (Å²) in [6.07, 6.45) is 8.06. The first-order valence-electron chi connectivity index (χ1n) is 13.8. The Morgan fingerprint density at radius 3 is 2.39 bits per heavy atom. The number of aliphatic carboxylic acids is 1. The maximum Gasteiger partial charge on any atom is 0.326 e. The van der Waals surface area contributed by atoms with E-state index in [1.165, 1.54) is 22.9 Å². The number of rotatable bonds is 5. The SMILES string of the molecule is Cc1ccc([C@H]2N3C(=N[C@@]2(C)C2=C[C@@H](C)C(C)C=C2)SC(C(=O)N2[C@H](C)CC[C@H]2C(=O)O)=C3C(C)C)cc1. The highest BCUT2D eigenvalue weighted by Gasteiger charge is 2.54. The van der Waals surface area contributed by atoms with Crippen molar-refractivity contribution < 1.29 is 14.7 Å². The molecule has 1 aliphatic carbocycles. The van der Waals surface area contributed by atoms with Crippen LogP contribution in [0.3, 0.4) is 0 Å². The third-order valence-corrected chi connectivity index (χ3v) is 9.83. The molecule has 1 aromatic rings. The Kier molecular flexibility index (Phi) is 6.87. The number of likely N-dealkylation sites (tertiary alicyclic amines) is 1. The van der Waals surface area contributed by atoms with Crippen molar-refractivity contribution in [2.45, 2.75) is 85.0 Å². The van der Waals surface area contributed by atoms with Crippen molar-refractivity contribution in [3.05, 3.63) is 69.8 Å². The van der Waals surface area contributed by atoms with Gasteiger partial charge in [-0.05, 0) is 74.3 Å². The number of aliphatic imine (C=N–C) groups is 1. The second-order valence-corrected chi connectivity index (χ2v) is 12.9. The second-order valence-electron chi connectivity index (χ2n) is 11.9. The van der Waals surface area contributed by atoms with Crippen LogP contribution in [0.5, 0.6) is 0 Å². The molecular weight excluding hydrogens is 494 g/mol. The fourth-order valence-corrected chi connectivity index (χ4v) is 7.68. The van der Waals surface area contributed by atoms with E-state index in [4.69, 9.17) is 4.99 Å². The van der Waals surface area contributed by atoms with Gasteiger partial charge in [0.15, 0.2) is 5.17 Å². The second kappa shape index (κ2) is 9.74. The fourth-order valence-electron chi connectivity index (χ4n) is 6.33. The highest BCUT2D eigenvalue weighted by atomic mass is 32.2.